The second-order valence-corrected chi connectivity index (χ2v) is 7.44. The summed E-state index contributed by atoms with van der Waals surface area (Å²) in [7, 11) is 3.07. The van der Waals surface area contributed by atoms with Crippen LogP contribution in [0.1, 0.15) is 22.7 Å². The van der Waals surface area contributed by atoms with Crippen LogP contribution in [0.25, 0.3) is 5.76 Å². The number of ether oxygens (including phenoxy) is 2. The monoisotopic (exact) mass is 429 g/mol. The molecule has 0 radical (unpaired) electrons. The molecule has 1 heterocycles. The Morgan fingerprint density at radius 2 is 1.53 bits per heavy atom. The fraction of sp³-hybridized carbons (Fsp3) is 0.154. The highest BCUT2D eigenvalue weighted by Crippen LogP contribution is 2.44. The van der Waals surface area contributed by atoms with E-state index in [1.807, 2.05) is 37.3 Å². The highest BCUT2D eigenvalue weighted by Gasteiger charge is 2.47. The van der Waals surface area contributed by atoms with E-state index in [9.17, 15) is 14.7 Å². The van der Waals surface area contributed by atoms with Crippen LogP contribution in [0.3, 0.4) is 0 Å². The third-order valence-electron chi connectivity index (χ3n) is 5.57. The maximum Gasteiger partial charge on any atom is 0.300 e. The van der Waals surface area contributed by atoms with Gasteiger partial charge in [0.1, 0.15) is 17.3 Å². The van der Waals surface area contributed by atoms with E-state index in [1.165, 1.54) is 12.0 Å². The number of amides is 1. The van der Waals surface area contributed by atoms with E-state index in [2.05, 4.69) is 0 Å². The lowest BCUT2D eigenvalue weighted by molar-refractivity contribution is -0.132. The van der Waals surface area contributed by atoms with E-state index in [0.29, 0.717) is 28.3 Å². The zero-order valence-electron chi connectivity index (χ0n) is 18.0. The van der Waals surface area contributed by atoms with Crippen LogP contribution < -0.4 is 14.4 Å². The van der Waals surface area contributed by atoms with Crippen LogP contribution in [0.4, 0.5) is 5.69 Å². The summed E-state index contributed by atoms with van der Waals surface area (Å²) in [5.74, 6) is -0.600. The first-order chi connectivity index (χ1) is 15.5. The number of rotatable bonds is 5. The van der Waals surface area contributed by atoms with E-state index in [4.69, 9.17) is 9.47 Å². The summed E-state index contributed by atoms with van der Waals surface area (Å²) in [6.07, 6.45) is 0. The molecule has 0 spiro atoms. The number of carbonyl (C=O) groups excluding carboxylic acids is 2. The quantitative estimate of drug-likeness (QED) is 0.363. The summed E-state index contributed by atoms with van der Waals surface area (Å²) in [6.45, 7) is 1.84. The van der Waals surface area contributed by atoms with Crippen molar-refractivity contribution >= 4 is 23.1 Å². The average molecular weight is 429 g/mol. The van der Waals surface area contributed by atoms with Gasteiger partial charge in [0.05, 0.1) is 31.5 Å². The minimum Gasteiger partial charge on any atom is -0.507 e. The van der Waals surface area contributed by atoms with Crippen molar-refractivity contribution < 1.29 is 24.2 Å². The minimum absolute atomic E-state index is 0.0247. The molecule has 1 saturated heterocycles. The molecule has 0 aromatic heterocycles. The largest absolute Gasteiger partial charge is 0.507 e. The second-order valence-electron chi connectivity index (χ2n) is 7.44. The van der Waals surface area contributed by atoms with Crippen molar-refractivity contribution in [1.82, 2.24) is 0 Å². The van der Waals surface area contributed by atoms with Crippen molar-refractivity contribution in [2.45, 2.75) is 13.0 Å². The first kappa shape index (κ1) is 21.2. The number of hydrogen-bond acceptors (Lipinski definition) is 5. The molecule has 0 bridgehead atoms. The van der Waals surface area contributed by atoms with Crippen LogP contribution >= 0.6 is 0 Å². The van der Waals surface area contributed by atoms with Gasteiger partial charge in [-0.15, -0.1) is 0 Å². The smallest absolute Gasteiger partial charge is 0.300 e. The molecule has 1 amide bonds. The van der Waals surface area contributed by atoms with Crippen molar-refractivity contribution in [2.24, 2.45) is 0 Å². The average Bonchev–Trinajstić information content (AvgIpc) is 3.09. The van der Waals surface area contributed by atoms with Crippen LogP contribution in [-0.4, -0.2) is 31.0 Å². The number of aliphatic hydroxyl groups is 1. The molecule has 1 unspecified atom stereocenters. The lowest BCUT2D eigenvalue weighted by Crippen LogP contribution is -2.29. The number of carbonyl (C=O) groups is 2. The summed E-state index contributed by atoms with van der Waals surface area (Å²) >= 11 is 0. The zero-order chi connectivity index (χ0) is 22.8. The number of hydrogen-bond donors (Lipinski definition) is 1. The van der Waals surface area contributed by atoms with Crippen LogP contribution in [0.2, 0.25) is 0 Å². The SMILES string of the molecule is COc1ccc(/C(O)=C2/C(=O)C(=O)N(c3ccccc3OC)C2c2ccccc2)cc1C. The second kappa shape index (κ2) is 8.59. The number of anilines is 1. The first-order valence-corrected chi connectivity index (χ1v) is 10.1. The Bertz CT molecular complexity index is 1220. The van der Waals surface area contributed by atoms with E-state index in [-0.39, 0.29) is 11.3 Å². The van der Waals surface area contributed by atoms with Gasteiger partial charge in [0.2, 0.25) is 0 Å². The van der Waals surface area contributed by atoms with Gasteiger partial charge in [0.25, 0.3) is 11.7 Å². The molecular weight excluding hydrogens is 406 g/mol. The van der Waals surface area contributed by atoms with E-state index >= 15 is 0 Å². The fourth-order valence-electron chi connectivity index (χ4n) is 4.04. The molecule has 1 atom stereocenters. The van der Waals surface area contributed by atoms with Crippen LogP contribution in [-0.2, 0) is 9.59 Å². The minimum atomic E-state index is -0.810. The summed E-state index contributed by atoms with van der Waals surface area (Å²) < 4.78 is 10.7. The number of benzene rings is 3. The third kappa shape index (κ3) is 3.50. The Balaban J connectivity index is 1.95. The molecule has 0 aliphatic carbocycles. The van der Waals surface area contributed by atoms with Crippen LogP contribution in [0.15, 0.2) is 78.4 Å². The Labute approximate surface area is 186 Å². The Hall–Kier alpha value is -4.06. The number of para-hydroxylation sites is 2. The highest BCUT2D eigenvalue weighted by molar-refractivity contribution is 6.51. The number of methoxy groups -OCH3 is 2. The van der Waals surface area contributed by atoms with Crippen molar-refractivity contribution in [3.63, 3.8) is 0 Å². The van der Waals surface area contributed by atoms with Crippen molar-refractivity contribution in [3.8, 4) is 11.5 Å². The number of nitrogens with zero attached hydrogens (tertiary/aromatic N) is 1. The predicted octanol–water partition coefficient (Wildman–Crippen LogP) is 4.64. The summed E-state index contributed by atoms with van der Waals surface area (Å²) in [4.78, 5) is 27.8. The van der Waals surface area contributed by atoms with E-state index in [1.54, 1.807) is 49.6 Å². The van der Waals surface area contributed by atoms with Gasteiger partial charge in [-0.3, -0.25) is 14.5 Å². The topological polar surface area (TPSA) is 76.1 Å². The number of Topliss-reactive ketones (excluding diaryl/α,β-unsaturated/α-hetero) is 1. The molecule has 4 rings (SSSR count). The Morgan fingerprint density at radius 1 is 0.875 bits per heavy atom. The van der Waals surface area contributed by atoms with Crippen LogP contribution in [0.5, 0.6) is 11.5 Å². The fourth-order valence-corrected chi connectivity index (χ4v) is 4.04. The molecule has 1 aliphatic rings. The van der Waals surface area contributed by atoms with Gasteiger partial charge in [-0.05, 0) is 48.4 Å². The third-order valence-corrected chi connectivity index (χ3v) is 5.57. The van der Waals surface area contributed by atoms with E-state index in [0.717, 1.165) is 5.56 Å². The highest BCUT2D eigenvalue weighted by atomic mass is 16.5. The van der Waals surface area contributed by atoms with Gasteiger partial charge in [-0.1, -0.05) is 42.5 Å². The molecule has 6 heteroatoms. The van der Waals surface area contributed by atoms with Gasteiger partial charge >= 0.3 is 0 Å². The lowest BCUT2D eigenvalue weighted by atomic mass is 9.94. The summed E-state index contributed by atoms with van der Waals surface area (Å²) in [5.41, 5.74) is 2.41. The number of aryl methyl sites for hydroxylation is 1. The summed E-state index contributed by atoms with van der Waals surface area (Å²) in [6, 6.07) is 20.5. The molecule has 3 aromatic rings. The van der Waals surface area contributed by atoms with Gasteiger partial charge < -0.3 is 14.6 Å². The number of aliphatic hydroxyl groups excluding tert-OH is 1. The number of ketones is 1. The molecule has 32 heavy (non-hydrogen) atoms. The van der Waals surface area contributed by atoms with Crippen molar-refractivity contribution in [1.29, 1.82) is 0 Å². The molecule has 6 nitrogen and oxygen atoms in total. The van der Waals surface area contributed by atoms with Crippen LogP contribution in [0, 0.1) is 6.92 Å². The normalized spacial score (nSPS) is 17.5. The van der Waals surface area contributed by atoms with Crippen molar-refractivity contribution in [3.05, 3.63) is 95.1 Å². The van der Waals surface area contributed by atoms with E-state index < -0.39 is 17.7 Å². The molecule has 1 aliphatic heterocycles. The molecule has 1 N–H and O–H groups in total. The Morgan fingerprint density at radius 3 is 2.19 bits per heavy atom. The lowest BCUT2D eigenvalue weighted by Gasteiger charge is -2.26. The Kier molecular flexibility index (Phi) is 5.69. The van der Waals surface area contributed by atoms with Gasteiger partial charge in [-0.25, -0.2) is 0 Å². The molecule has 1 fully saturated rings. The zero-order valence-corrected chi connectivity index (χ0v) is 18.0. The maximum absolute atomic E-state index is 13.2. The molecule has 3 aromatic carbocycles. The maximum atomic E-state index is 13.2. The molecule has 162 valence electrons. The van der Waals surface area contributed by atoms with Gasteiger partial charge in [-0.2, -0.15) is 0 Å². The van der Waals surface area contributed by atoms with Crippen molar-refractivity contribution in [2.75, 3.05) is 19.1 Å². The summed E-state index contributed by atoms with van der Waals surface area (Å²) in [5, 5.41) is 11.2. The van der Waals surface area contributed by atoms with Gasteiger partial charge in [0, 0.05) is 5.56 Å². The first-order valence-electron chi connectivity index (χ1n) is 10.1. The molecule has 0 saturated carbocycles. The standard InChI is InChI=1S/C26H23NO5/c1-16-15-18(13-14-20(16)31-2)24(28)22-23(17-9-5-4-6-10-17)27(26(30)25(22)29)19-11-7-8-12-21(19)32-3/h4-15,23,28H,1-3H3/b24-22-. The predicted molar refractivity (Wildman–Crippen MR) is 122 cm³/mol. The van der Waals surface area contributed by atoms with Gasteiger partial charge in [0.15, 0.2) is 0 Å². The molecular formula is C26H23NO5.